The Hall–Kier alpha value is -0.120. The summed E-state index contributed by atoms with van der Waals surface area (Å²) >= 11 is 0. The van der Waals surface area contributed by atoms with Gasteiger partial charge in [0.2, 0.25) is 0 Å². The smallest absolute Gasteiger partial charge is 0.0611 e. The molecule has 0 spiro atoms. The first kappa shape index (κ1) is 15.9. The van der Waals surface area contributed by atoms with Gasteiger partial charge >= 0.3 is 0 Å². The Balaban J connectivity index is 3.61. The van der Waals surface area contributed by atoms with E-state index in [4.69, 9.17) is 4.74 Å². The first-order chi connectivity index (χ1) is 7.54. The van der Waals surface area contributed by atoms with Crippen LogP contribution in [0.1, 0.15) is 53.4 Å². The monoisotopic (exact) mass is 231 g/mol. The highest BCUT2D eigenvalue weighted by Crippen LogP contribution is 2.10. The summed E-state index contributed by atoms with van der Waals surface area (Å²) in [7, 11) is 0. The lowest BCUT2D eigenvalue weighted by atomic mass is 9.98. The molecular weight excluding hydrogens is 202 g/mol. The van der Waals surface area contributed by atoms with Gasteiger partial charge in [0.25, 0.3) is 0 Å². The van der Waals surface area contributed by atoms with Crippen LogP contribution in [0, 0.1) is 0 Å². The molecule has 0 aliphatic carbocycles. The Morgan fingerprint density at radius 3 is 2.44 bits per heavy atom. The number of hydrogen-bond acceptors (Lipinski definition) is 3. The van der Waals surface area contributed by atoms with Crippen LogP contribution in [0.2, 0.25) is 0 Å². The molecule has 0 aliphatic heterocycles. The molecular formula is C13H29NO2. The summed E-state index contributed by atoms with van der Waals surface area (Å²) in [5.74, 6) is 0. The number of hydrogen-bond donors (Lipinski definition) is 2. The first-order valence-corrected chi connectivity index (χ1v) is 6.50. The van der Waals surface area contributed by atoms with Gasteiger partial charge in [-0.25, -0.2) is 0 Å². The molecule has 0 saturated carbocycles. The van der Waals surface area contributed by atoms with E-state index < -0.39 is 0 Å². The van der Waals surface area contributed by atoms with Gasteiger partial charge in [-0.15, -0.1) is 0 Å². The lowest BCUT2D eigenvalue weighted by molar-refractivity contribution is 0.0815. The van der Waals surface area contributed by atoms with E-state index in [9.17, 15) is 5.11 Å². The second kappa shape index (κ2) is 8.97. The third-order valence-electron chi connectivity index (χ3n) is 2.68. The van der Waals surface area contributed by atoms with Crippen LogP contribution in [0.15, 0.2) is 0 Å². The fraction of sp³-hybridized carbons (Fsp3) is 1.00. The lowest BCUT2D eigenvalue weighted by Crippen LogP contribution is -2.49. The van der Waals surface area contributed by atoms with Crippen molar-refractivity contribution in [1.82, 2.24) is 5.32 Å². The predicted octanol–water partition coefficient (Wildman–Crippen LogP) is 2.33. The molecule has 2 N–H and O–H groups in total. The van der Waals surface area contributed by atoms with Crippen molar-refractivity contribution in [2.75, 3.05) is 19.8 Å². The molecule has 0 fully saturated rings. The standard InChI is InChI=1S/C13H29NO2/c1-5-6-7-9-16-10-8-13(4,11-15)14-12(2)3/h12,14-15H,5-11H2,1-4H3. The van der Waals surface area contributed by atoms with E-state index in [-0.39, 0.29) is 12.1 Å². The van der Waals surface area contributed by atoms with Gasteiger partial charge in [-0.3, -0.25) is 0 Å². The van der Waals surface area contributed by atoms with Crippen LogP contribution in [0.3, 0.4) is 0 Å². The van der Waals surface area contributed by atoms with Gasteiger partial charge in [0.05, 0.1) is 6.61 Å². The van der Waals surface area contributed by atoms with Crippen LogP contribution >= 0.6 is 0 Å². The average molecular weight is 231 g/mol. The Kier molecular flexibility index (Phi) is 8.90. The second-order valence-corrected chi connectivity index (χ2v) is 5.09. The van der Waals surface area contributed by atoms with E-state index in [1.807, 2.05) is 6.92 Å². The number of aliphatic hydroxyl groups excluding tert-OH is 1. The Morgan fingerprint density at radius 2 is 1.94 bits per heavy atom. The van der Waals surface area contributed by atoms with Crippen molar-refractivity contribution in [3.8, 4) is 0 Å². The summed E-state index contributed by atoms with van der Waals surface area (Å²) in [5, 5.41) is 12.7. The maximum absolute atomic E-state index is 9.36. The van der Waals surface area contributed by atoms with E-state index in [1.54, 1.807) is 0 Å². The van der Waals surface area contributed by atoms with Crippen molar-refractivity contribution in [3.05, 3.63) is 0 Å². The van der Waals surface area contributed by atoms with Gasteiger partial charge in [-0.2, -0.15) is 0 Å². The number of unbranched alkanes of at least 4 members (excludes halogenated alkanes) is 2. The quantitative estimate of drug-likeness (QED) is 0.567. The molecule has 3 nitrogen and oxygen atoms in total. The van der Waals surface area contributed by atoms with Crippen LogP contribution in [0.4, 0.5) is 0 Å². The molecule has 0 aliphatic rings. The van der Waals surface area contributed by atoms with E-state index >= 15 is 0 Å². The molecule has 0 heterocycles. The van der Waals surface area contributed by atoms with Gasteiger partial charge in [0.15, 0.2) is 0 Å². The number of ether oxygens (including phenoxy) is 1. The van der Waals surface area contributed by atoms with Gasteiger partial charge in [0, 0.05) is 24.8 Å². The van der Waals surface area contributed by atoms with Gasteiger partial charge in [0.1, 0.15) is 0 Å². The van der Waals surface area contributed by atoms with Crippen LogP contribution in [0.25, 0.3) is 0 Å². The first-order valence-electron chi connectivity index (χ1n) is 6.50. The summed E-state index contributed by atoms with van der Waals surface area (Å²) in [5.41, 5.74) is -0.209. The third kappa shape index (κ3) is 8.08. The molecule has 0 amide bonds. The van der Waals surface area contributed by atoms with Crippen LogP contribution < -0.4 is 5.32 Å². The van der Waals surface area contributed by atoms with Crippen LogP contribution in [0.5, 0.6) is 0 Å². The molecule has 0 aromatic rings. The summed E-state index contributed by atoms with van der Waals surface area (Å²) in [6, 6.07) is 0.386. The zero-order valence-corrected chi connectivity index (χ0v) is 11.4. The van der Waals surface area contributed by atoms with Crippen molar-refractivity contribution in [2.24, 2.45) is 0 Å². The van der Waals surface area contributed by atoms with Crippen molar-refractivity contribution in [1.29, 1.82) is 0 Å². The number of rotatable bonds is 10. The topological polar surface area (TPSA) is 41.5 Å². The summed E-state index contributed by atoms with van der Waals surface area (Å²) in [6.07, 6.45) is 4.46. The zero-order valence-electron chi connectivity index (χ0n) is 11.4. The molecule has 0 saturated heterocycles. The average Bonchev–Trinajstić information content (AvgIpc) is 2.22. The SMILES string of the molecule is CCCCCOCCC(C)(CO)NC(C)C. The van der Waals surface area contributed by atoms with Crippen molar-refractivity contribution in [3.63, 3.8) is 0 Å². The fourth-order valence-electron chi connectivity index (χ4n) is 1.75. The van der Waals surface area contributed by atoms with Crippen LogP contribution in [-0.2, 0) is 4.74 Å². The molecule has 16 heavy (non-hydrogen) atoms. The van der Waals surface area contributed by atoms with Crippen molar-refractivity contribution in [2.45, 2.75) is 65.0 Å². The molecule has 0 aromatic heterocycles. The predicted molar refractivity (Wildman–Crippen MR) is 68.7 cm³/mol. The van der Waals surface area contributed by atoms with E-state index in [0.29, 0.717) is 6.04 Å². The molecule has 98 valence electrons. The van der Waals surface area contributed by atoms with Gasteiger partial charge in [-0.1, -0.05) is 33.6 Å². The normalized spacial score (nSPS) is 15.4. The van der Waals surface area contributed by atoms with Crippen LogP contribution in [-0.4, -0.2) is 36.5 Å². The summed E-state index contributed by atoms with van der Waals surface area (Å²) < 4.78 is 5.56. The Bertz CT molecular complexity index is 162. The number of aliphatic hydroxyl groups is 1. The number of nitrogens with one attached hydrogen (secondary N) is 1. The minimum atomic E-state index is -0.209. The zero-order chi connectivity index (χ0) is 12.4. The van der Waals surface area contributed by atoms with E-state index in [1.165, 1.54) is 12.8 Å². The summed E-state index contributed by atoms with van der Waals surface area (Å²) in [4.78, 5) is 0. The lowest BCUT2D eigenvalue weighted by Gasteiger charge is -2.31. The van der Waals surface area contributed by atoms with Gasteiger partial charge < -0.3 is 15.2 Å². The van der Waals surface area contributed by atoms with E-state index in [2.05, 4.69) is 26.1 Å². The van der Waals surface area contributed by atoms with Crippen molar-refractivity contribution < 1.29 is 9.84 Å². The highest BCUT2D eigenvalue weighted by molar-refractivity contribution is 4.83. The minimum Gasteiger partial charge on any atom is -0.394 e. The third-order valence-corrected chi connectivity index (χ3v) is 2.68. The van der Waals surface area contributed by atoms with Gasteiger partial charge in [-0.05, 0) is 19.8 Å². The molecule has 1 unspecified atom stereocenters. The molecule has 1 atom stereocenters. The molecule has 3 heteroatoms. The Morgan fingerprint density at radius 1 is 1.25 bits per heavy atom. The highest BCUT2D eigenvalue weighted by Gasteiger charge is 2.23. The molecule has 0 aromatic carbocycles. The minimum absolute atomic E-state index is 0.156. The largest absolute Gasteiger partial charge is 0.394 e. The molecule has 0 bridgehead atoms. The maximum atomic E-state index is 9.36. The Labute approximate surface area is 101 Å². The van der Waals surface area contributed by atoms with E-state index in [0.717, 1.165) is 26.1 Å². The van der Waals surface area contributed by atoms with Crippen molar-refractivity contribution >= 4 is 0 Å². The maximum Gasteiger partial charge on any atom is 0.0611 e. The molecule has 0 radical (unpaired) electrons. The second-order valence-electron chi connectivity index (χ2n) is 5.09. The summed E-state index contributed by atoms with van der Waals surface area (Å²) in [6.45, 7) is 10.1. The molecule has 0 rings (SSSR count). The highest BCUT2D eigenvalue weighted by atomic mass is 16.5. The fourth-order valence-corrected chi connectivity index (χ4v) is 1.75.